The first-order chi connectivity index (χ1) is 6.15. The molecule has 1 unspecified atom stereocenters. The number of thiophene rings is 1. The lowest BCUT2D eigenvalue weighted by Gasteiger charge is -2.04. The van der Waals surface area contributed by atoms with Crippen LogP contribution in [0.5, 0.6) is 0 Å². The van der Waals surface area contributed by atoms with E-state index in [0.717, 1.165) is 0 Å². The molecule has 0 aliphatic heterocycles. The Bertz CT molecular complexity index is 351. The number of nitrogens with zero attached hydrogens (tertiary/aromatic N) is 1. The first kappa shape index (κ1) is 9.71. The van der Waals surface area contributed by atoms with Crippen LogP contribution in [0.1, 0.15) is 12.5 Å². The monoisotopic (exact) mass is 195 g/mol. The predicted octanol–water partition coefficient (Wildman–Crippen LogP) is 0.905. The highest BCUT2D eigenvalue weighted by Gasteiger charge is 2.10. The Morgan fingerprint density at radius 2 is 2.54 bits per heavy atom. The lowest BCUT2D eigenvalue weighted by Crippen LogP contribution is -2.32. The normalized spacial score (nSPS) is 11.8. The van der Waals surface area contributed by atoms with Crippen LogP contribution in [0.4, 0.5) is 5.00 Å². The zero-order valence-electron chi connectivity index (χ0n) is 7.07. The van der Waals surface area contributed by atoms with Gasteiger partial charge in [-0.05, 0) is 18.4 Å². The molecule has 0 saturated heterocycles. The number of hydrogen-bond donors (Lipinski definition) is 2. The van der Waals surface area contributed by atoms with Crippen molar-refractivity contribution in [3.8, 4) is 6.07 Å². The van der Waals surface area contributed by atoms with Crippen molar-refractivity contribution < 1.29 is 4.79 Å². The summed E-state index contributed by atoms with van der Waals surface area (Å²) in [5.41, 5.74) is 5.83. The highest BCUT2D eigenvalue weighted by molar-refractivity contribution is 7.14. The van der Waals surface area contributed by atoms with E-state index < -0.39 is 6.04 Å². The van der Waals surface area contributed by atoms with Gasteiger partial charge < -0.3 is 11.1 Å². The van der Waals surface area contributed by atoms with Crippen molar-refractivity contribution in [2.75, 3.05) is 5.32 Å². The largest absolute Gasteiger partial charge is 0.320 e. The van der Waals surface area contributed by atoms with Crippen molar-refractivity contribution in [2.45, 2.75) is 13.0 Å². The first-order valence-corrected chi connectivity index (χ1v) is 4.57. The van der Waals surface area contributed by atoms with Crippen LogP contribution in [0.15, 0.2) is 11.4 Å². The smallest absolute Gasteiger partial charge is 0.241 e. The topological polar surface area (TPSA) is 78.9 Å². The lowest BCUT2D eigenvalue weighted by molar-refractivity contribution is -0.117. The first-order valence-electron chi connectivity index (χ1n) is 3.69. The maximum atomic E-state index is 11.1. The average Bonchev–Trinajstić information content (AvgIpc) is 2.51. The molecule has 0 saturated carbocycles. The number of amides is 1. The number of hydrogen-bond acceptors (Lipinski definition) is 4. The highest BCUT2D eigenvalue weighted by Crippen LogP contribution is 2.21. The number of carbonyl (C=O) groups excluding carboxylic acids is 1. The zero-order chi connectivity index (χ0) is 9.84. The van der Waals surface area contributed by atoms with Crippen LogP contribution < -0.4 is 11.1 Å². The molecule has 4 nitrogen and oxygen atoms in total. The van der Waals surface area contributed by atoms with Gasteiger partial charge in [-0.15, -0.1) is 11.3 Å². The minimum atomic E-state index is -0.561. The minimum Gasteiger partial charge on any atom is -0.320 e. The number of nitrogens with one attached hydrogen (secondary N) is 1. The number of anilines is 1. The molecule has 0 aromatic carbocycles. The highest BCUT2D eigenvalue weighted by atomic mass is 32.1. The Balaban J connectivity index is 2.76. The van der Waals surface area contributed by atoms with Crippen molar-refractivity contribution in [1.82, 2.24) is 0 Å². The van der Waals surface area contributed by atoms with E-state index in [-0.39, 0.29) is 5.91 Å². The molecule has 3 N–H and O–H groups in total. The van der Waals surface area contributed by atoms with Crippen LogP contribution in [0.3, 0.4) is 0 Å². The number of nitriles is 1. The molecule has 1 atom stereocenters. The Kier molecular flexibility index (Phi) is 3.01. The van der Waals surface area contributed by atoms with E-state index in [0.29, 0.717) is 10.6 Å². The summed E-state index contributed by atoms with van der Waals surface area (Å²) >= 11 is 1.31. The van der Waals surface area contributed by atoms with Crippen molar-refractivity contribution in [3.05, 3.63) is 17.0 Å². The van der Waals surface area contributed by atoms with E-state index in [1.165, 1.54) is 11.3 Å². The van der Waals surface area contributed by atoms with Gasteiger partial charge in [0.2, 0.25) is 5.91 Å². The van der Waals surface area contributed by atoms with Crippen molar-refractivity contribution in [2.24, 2.45) is 5.73 Å². The molecule has 0 radical (unpaired) electrons. The number of carbonyl (C=O) groups is 1. The van der Waals surface area contributed by atoms with E-state index >= 15 is 0 Å². The van der Waals surface area contributed by atoms with Crippen LogP contribution in [0.2, 0.25) is 0 Å². The Morgan fingerprint density at radius 3 is 3.08 bits per heavy atom. The molecule has 1 aromatic heterocycles. The third-order valence-electron chi connectivity index (χ3n) is 1.44. The summed E-state index contributed by atoms with van der Waals surface area (Å²) < 4.78 is 0. The summed E-state index contributed by atoms with van der Waals surface area (Å²) in [5, 5.41) is 13.5. The van der Waals surface area contributed by atoms with Gasteiger partial charge in [0.15, 0.2) is 0 Å². The number of nitrogens with two attached hydrogens (primary N) is 1. The Hall–Kier alpha value is -1.38. The molecular weight excluding hydrogens is 186 g/mol. The van der Waals surface area contributed by atoms with Crippen molar-refractivity contribution in [3.63, 3.8) is 0 Å². The molecule has 1 heterocycles. The molecule has 1 aromatic rings. The summed E-state index contributed by atoms with van der Waals surface area (Å²) in [6, 6.07) is 3.07. The lowest BCUT2D eigenvalue weighted by atomic mass is 10.3. The van der Waals surface area contributed by atoms with Gasteiger partial charge in [0.1, 0.15) is 11.1 Å². The molecule has 0 fully saturated rings. The van der Waals surface area contributed by atoms with Gasteiger partial charge in [-0.2, -0.15) is 5.26 Å². The molecule has 13 heavy (non-hydrogen) atoms. The molecular formula is C8H9N3OS. The van der Waals surface area contributed by atoms with Gasteiger partial charge in [-0.1, -0.05) is 0 Å². The van der Waals surface area contributed by atoms with Gasteiger partial charge in [0, 0.05) is 0 Å². The third kappa shape index (κ3) is 2.28. The average molecular weight is 195 g/mol. The molecule has 0 aliphatic rings. The standard InChI is InChI=1S/C8H9N3OS/c1-5(10)7(12)11-8-6(4-9)2-3-13-8/h2-3,5H,10H2,1H3,(H,11,12). The van der Waals surface area contributed by atoms with E-state index in [9.17, 15) is 4.79 Å². The molecule has 5 heteroatoms. The summed E-state index contributed by atoms with van der Waals surface area (Å²) in [4.78, 5) is 11.1. The zero-order valence-corrected chi connectivity index (χ0v) is 7.89. The van der Waals surface area contributed by atoms with Gasteiger partial charge in [0.05, 0.1) is 11.6 Å². The second kappa shape index (κ2) is 4.03. The molecule has 68 valence electrons. The maximum Gasteiger partial charge on any atom is 0.241 e. The predicted molar refractivity (Wildman–Crippen MR) is 51.3 cm³/mol. The molecule has 0 spiro atoms. The van der Waals surface area contributed by atoms with Crippen LogP contribution in [-0.2, 0) is 4.79 Å². The fraction of sp³-hybridized carbons (Fsp3) is 0.250. The van der Waals surface area contributed by atoms with E-state index in [1.54, 1.807) is 18.4 Å². The number of rotatable bonds is 2. The molecule has 1 amide bonds. The van der Waals surface area contributed by atoms with Crippen LogP contribution in [-0.4, -0.2) is 11.9 Å². The fourth-order valence-corrected chi connectivity index (χ4v) is 1.46. The Morgan fingerprint density at radius 1 is 1.85 bits per heavy atom. The maximum absolute atomic E-state index is 11.1. The van der Waals surface area contributed by atoms with Crippen molar-refractivity contribution >= 4 is 22.2 Å². The summed E-state index contributed by atoms with van der Waals surface area (Å²) in [7, 11) is 0. The molecule has 0 aliphatic carbocycles. The SMILES string of the molecule is CC(N)C(=O)Nc1sccc1C#N. The Labute approximate surface area is 80.0 Å². The molecule has 0 bridgehead atoms. The second-order valence-electron chi connectivity index (χ2n) is 2.55. The summed E-state index contributed by atoms with van der Waals surface area (Å²) in [6.07, 6.45) is 0. The van der Waals surface area contributed by atoms with E-state index in [1.807, 2.05) is 6.07 Å². The second-order valence-corrected chi connectivity index (χ2v) is 3.47. The van der Waals surface area contributed by atoms with Crippen LogP contribution in [0, 0.1) is 11.3 Å². The van der Waals surface area contributed by atoms with E-state index in [2.05, 4.69) is 5.32 Å². The van der Waals surface area contributed by atoms with Crippen LogP contribution in [0.25, 0.3) is 0 Å². The minimum absolute atomic E-state index is 0.279. The molecule has 1 rings (SSSR count). The van der Waals surface area contributed by atoms with Gasteiger partial charge in [0.25, 0.3) is 0 Å². The van der Waals surface area contributed by atoms with Crippen LogP contribution >= 0.6 is 11.3 Å². The summed E-state index contributed by atoms with van der Waals surface area (Å²) in [6.45, 7) is 1.59. The van der Waals surface area contributed by atoms with Gasteiger partial charge in [-0.25, -0.2) is 0 Å². The van der Waals surface area contributed by atoms with Crippen molar-refractivity contribution in [1.29, 1.82) is 5.26 Å². The summed E-state index contributed by atoms with van der Waals surface area (Å²) in [5.74, 6) is -0.279. The quantitative estimate of drug-likeness (QED) is 0.736. The van der Waals surface area contributed by atoms with Gasteiger partial charge >= 0.3 is 0 Å². The fourth-order valence-electron chi connectivity index (χ4n) is 0.720. The van der Waals surface area contributed by atoms with E-state index in [4.69, 9.17) is 11.0 Å². The third-order valence-corrected chi connectivity index (χ3v) is 2.27. The van der Waals surface area contributed by atoms with Gasteiger partial charge in [-0.3, -0.25) is 4.79 Å².